The summed E-state index contributed by atoms with van der Waals surface area (Å²) in [4.78, 5) is 26.3. The molecule has 0 fully saturated rings. The highest BCUT2D eigenvalue weighted by Crippen LogP contribution is 2.46. The van der Waals surface area contributed by atoms with Gasteiger partial charge in [0.15, 0.2) is 5.78 Å². The second kappa shape index (κ2) is 9.96. The Morgan fingerprint density at radius 1 is 1.19 bits per heavy atom. The van der Waals surface area contributed by atoms with E-state index in [1.165, 1.54) is 7.11 Å². The number of halogens is 2. The molecular formula is C28H25Cl2N3O3. The lowest BCUT2D eigenvalue weighted by atomic mass is 9.71. The Morgan fingerprint density at radius 3 is 2.69 bits per heavy atom. The summed E-state index contributed by atoms with van der Waals surface area (Å²) < 4.78 is 6.96. The lowest BCUT2D eigenvalue weighted by molar-refractivity contribution is -0.144. The molecule has 2 atom stereocenters. The number of Topliss-reactive ketones (excluding diaryl/α,β-unsaturated/α-hetero) is 1. The zero-order valence-corrected chi connectivity index (χ0v) is 21.3. The van der Waals surface area contributed by atoms with E-state index in [4.69, 9.17) is 33.0 Å². The van der Waals surface area contributed by atoms with Gasteiger partial charge in [-0.05, 0) is 30.5 Å². The molecular weight excluding hydrogens is 497 g/mol. The molecule has 0 bridgehead atoms. The number of carbonyl (C=O) groups excluding carboxylic acids is 2. The van der Waals surface area contributed by atoms with Crippen molar-refractivity contribution < 1.29 is 14.3 Å². The third-order valence-corrected chi connectivity index (χ3v) is 7.35. The molecule has 2 heterocycles. The van der Waals surface area contributed by atoms with Crippen molar-refractivity contribution in [3.63, 3.8) is 0 Å². The molecule has 0 saturated heterocycles. The van der Waals surface area contributed by atoms with Gasteiger partial charge in [0.05, 0.1) is 19.3 Å². The van der Waals surface area contributed by atoms with Gasteiger partial charge in [-0.3, -0.25) is 14.3 Å². The van der Waals surface area contributed by atoms with Crippen LogP contribution >= 0.6 is 23.2 Å². The fraction of sp³-hybridized carbons (Fsp3) is 0.250. The van der Waals surface area contributed by atoms with Gasteiger partial charge in [-0.15, -0.1) is 0 Å². The number of nitrogens with one attached hydrogen (secondary N) is 1. The van der Waals surface area contributed by atoms with Gasteiger partial charge in [0.1, 0.15) is 5.92 Å². The number of aromatic nitrogens is 2. The lowest BCUT2D eigenvalue weighted by Crippen LogP contribution is -2.41. The number of allylic oxidation sites excluding steroid dienone is 2. The topological polar surface area (TPSA) is 73.2 Å². The van der Waals surface area contributed by atoms with E-state index in [1.807, 2.05) is 42.6 Å². The average molecular weight is 522 g/mol. The number of hydrogen-bond donors (Lipinski definition) is 1. The molecule has 0 saturated carbocycles. The number of hydrogen-bond acceptors (Lipinski definition) is 5. The van der Waals surface area contributed by atoms with Gasteiger partial charge in [-0.1, -0.05) is 66.2 Å². The number of benzene rings is 2. The quantitative estimate of drug-likeness (QED) is 0.423. The summed E-state index contributed by atoms with van der Waals surface area (Å²) in [5.41, 5.74) is 5.16. The molecule has 1 aromatic heterocycles. The molecule has 0 spiro atoms. The molecule has 0 radical (unpaired) electrons. The first kappa shape index (κ1) is 24.3. The van der Waals surface area contributed by atoms with Crippen LogP contribution in [-0.4, -0.2) is 28.6 Å². The van der Waals surface area contributed by atoms with Crippen LogP contribution in [0.3, 0.4) is 0 Å². The van der Waals surface area contributed by atoms with Crippen LogP contribution in [0.15, 0.2) is 78.3 Å². The minimum absolute atomic E-state index is 0.0302. The minimum atomic E-state index is -0.768. The SMILES string of the molecule is C=C1NC2=C(C(=O)CCC2)C(c2cn(Cc3ccc(Cl)cc3Cl)nc2-c2ccccc2)C1C(=O)OC. The zero-order valence-electron chi connectivity index (χ0n) is 19.8. The molecule has 8 heteroatoms. The summed E-state index contributed by atoms with van der Waals surface area (Å²) in [5, 5.41) is 9.24. The van der Waals surface area contributed by atoms with Crippen LogP contribution in [0.25, 0.3) is 11.3 Å². The van der Waals surface area contributed by atoms with Crippen molar-refractivity contribution in [3.05, 3.63) is 99.4 Å². The van der Waals surface area contributed by atoms with Gasteiger partial charge in [0, 0.05) is 56.7 Å². The molecule has 1 N–H and O–H groups in total. The Kier molecular flexibility index (Phi) is 6.73. The molecule has 36 heavy (non-hydrogen) atoms. The maximum Gasteiger partial charge on any atom is 0.315 e. The normalized spacial score (nSPS) is 19.6. The van der Waals surface area contributed by atoms with Crippen LogP contribution in [-0.2, 0) is 20.9 Å². The standard InChI is InChI=1S/C28H25Cl2N3O3/c1-16-24(28(35)36-2)25(26-22(31-16)9-6-10-23(26)34)20-15-33(14-18-11-12-19(29)13-21(18)30)32-27(20)17-7-4-3-5-8-17/h3-5,7-8,11-13,15,24-25,31H,1,6,9-10,14H2,2H3. The largest absolute Gasteiger partial charge is 0.468 e. The van der Waals surface area contributed by atoms with Crippen LogP contribution in [0.5, 0.6) is 0 Å². The van der Waals surface area contributed by atoms with Crippen molar-refractivity contribution in [2.75, 3.05) is 7.11 Å². The number of methoxy groups -OCH3 is 1. The van der Waals surface area contributed by atoms with Gasteiger partial charge < -0.3 is 10.1 Å². The van der Waals surface area contributed by atoms with Gasteiger partial charge >= 0.3 is 5.97 Å². The first-order chi connectivity index (χ1) is 17.4. The van der Waals surface area contributed by atoms with Gasteiger partial charge in [-0.2, -0.15) is 5.10 Å². The Labute approximate surface area is 219 Å². The van der Waals surface area contributed by atoms with Crippen molar-refractivity contribution in [2.45, 2.75) is 31.7 Å². The van der Waals surface area contributed by atoms with E-state index in [1.54, 1.807) is 16.8 Å². The predicted molar refractivity (Wildman–Crippen MR) is 140 cm³/mol. The van der Waals surface area contributed by atoms with Gasteiger partial charge in [-0.25, -0.2) is 0 Å². The fourth-order valence-corrected chi connectivity index (χ4v) is 5.59. The Balaban J connectivity index is 1.70. The number of nitrogens with zero attached hydrogens (tertiary/aromatic N) is 2. The van der Waals surface area contributed by atoms with Crippen LogP contribution in [0.2, 0.25) is 10.0 Å². The van der Waals surface area contributed by atoms with E-state index >= 15 is 0 Å². The summed E-state index contributed by atoms with van der Waals surface area (Å²) in [7, 11) is 1.35. The Bertz CT molecular complexity index is 1390. The molecule has 5 rings (SSSR count). The Hall–Kier alpha value is -3.35. The summed E-state index contributed by atoms with van der Waals surface area (Å²) in [6, 6.07) is 15.1. The summed E-state index contributed by atoms with van der Waals surface area (Å²) in [6.07, 6.45) is 3.82. The molecule has 1 aliphatic carbocycles. The first-order valence-electron chi connectivity index (χ1n) is 11.7. The van der Waals surface area contributed by atoms with Crippen molar-refractivity contribution in [1.29, 1.82) is 0 Å². The minimum Gasteiger partial charge on any atom is -0.468 e. The molecule has 3 aromatic rings. The summed E-state index contributed by atoms with van der Waals surface area (Å²) in [6.45, 7) is 4.53. The van der Waals surface area contributed by atoms with Crippen molar-refractivity contribution >= 4 is 35.0 Å². The highest BCUT2D eigenvalue weighted by Gasteiger charge is 2.45. The van der Waals surface area contributed by atoms with E-state index in [0.717, 1.165) is 35.2 Å². The third kappa shape index (κ3) is 4.47. The second-order valence-electron chi connectivity index (χ2n) is 9.03. The average Bonchev–Trinajstić information content (AvgIpc) is 3.28. The highest BCUT2D eigenvalue weighted by atomic mass is 35.5. The lowest BCUT2D eigenvalue weighted by Gasteiger charge is -2.37. The second-order valence-corrected chi connectivity index (χ2v) is 9.87. The highest BCUT2D eigenvalue weighted by molar-refractivity contribution is 6.35. The summed E-state index contributed by atoms with van der Waals surface area (Å²) >= 11 is 12.5. The number of ketones is 1. The van der Waals surface area contributed by atoms with E-state index < -0.39 is 17.8 Å². The van der Waals surface area contributed by atoms with E-state index in [0.29, 0.717) is 40.0 Å². The van der Waals surface area contributed by atoms with Gasteiger partial charge in [0.2, 0.25) is 0 Å². The molecule has 2 unspecified atom stereocenters. The number of ether oxygens (including phenoxy) is 1. The van der Waals surface area contributed by atoms with Gasteiger partial charge in [0.25, 0.3) is 0 Å². The molecule has 1 aliphatic heterocycles. The number of esters is 1. The molecule has 2 aliphatic rings. The molecule has 6 nitrogen and oxygen atoms in total. The van der Waals surface area contributed by atoms with E-state index in [-0.39, 0.29) is 5.78 Å². The number of carbonyl (C=O) groups is 2. The smallest absolute Gasteiger partial charge is 0.315 e. The monoisotopic (exact) mass is 521 g/mol. The van der Waals surface area contributed by atoms with Crippen molar-refractivity contribution in [2.24, 2.45) is 5.92 Å². The maximum absolute atomic E-state index is 13.3. The molecule has 2 aromatic carbocycles. The van der Waals surface area contributed by atoms with Crippen LogP contribution in [0, 0.1) is 5.92 Å². The van der Waals surface area contributed by atoms with E-state index in [2.05, 4.69) is 11.9 Å². The molecule has 0 amide bonds. The van der Waals surface area contributed by atoms with Crippen LogP contribution in [0.1, 0.15) is 36.3 Å². The molecule has 184 valence electrons. The fourth-order valence-electron chi connectivity index (χ4n) is 5.12. The van der Waals surface area contributed by atoms with Crippen LogP contribution < -0.4 is 5.32 Å². The Morgan fingerprint density at radius 2 is 1.97 bits per heavy atom. The summed E-state index contributed by atoms with van der Waals surface area (Å²) in [5.74, 6) is -1.76. The number of rotatable bonds is 5. The predicted octanol–water partition coefficient (Wildman–Crippen LogP) is 5.90. The zero-order chi connectivity index (χ0) is 25.4. The van der Waals surface area contributed by atoms with Crippen molar-refractivity contribution in [3.8, 4) is 11.3 Å². The third-order valence-electron chi connectivity index (χ3n) is 6.76. The van der Waals surface area contributed by atoms with Crippen molar-refractivity contribution in [1.82, 2.24) is 15.1 Å². The first-order valence-corrected chi connectivity index (χ1v) is 12.5. The van der Waals surface area contributed by atoms with Crippen LogP contribution in [0.4, 0.5) is 0 Å². The van der Waals surface area contributed by atoms with E-state index in [9.17, 15) is 9.59 Å². The maximum atomic E-state index is 13.3.